The molecule has 0 bridgehead atoms. The minimum absolute atomic E-state index is 0.0182. The summed E-state index contributed by atoms with van der Waals surface area (Å²) < 4.78 is 28.6. The van der Waals surface area contributed by atoms with E-state index in [1.54, 1.807) is 29.2 Å². The van der Waals surface area contributed by atoms with Crippen LogP contribution in [0.1, 0.15) is 28.8 Å². The molecule has 2 amide bonds. The minimum atomic E-state index is -2.86. The number of carbonyl (C=O) groups is 2. The number of nitrogens with zero attached hydrogens (tertiary/aromatic N) is 1. The quantitative estimate of drug-likeness (QED) is 0.827. The van der Waals surface area contributed by atoms with Crippen LogP contribution in [-0.4, -0.2) is 42.5 Å². The van der Waals surface area contributed by atoms with Gasteiger partial charge in [0.1, 0.15) is 5.75 Å². The van der Waals surface area contributed by atoms with E-state index >= 15 is 0 Å². The molecule has 1 aliphatic heterocycles. The number of likely N-dealkylation sites (tertiary alicyclic amines) is 1. The molecule has 0 saturated carbocycles. The second-order valence-electron chi connectivity index (χ2n) is 6.69. The third-order valence-corrected chi connectivity index (χ3v) is 4.72. The maximum Gasteiger partial charge on any atom is 0.387 e. The van der Waals surface area contributed by atoms with Crippen molar-refractivity contribution >= 4 is 11.8 Å². The van der Waals surface area contributed by atoms with Gasteiger partial charge in [0.05, 0.1) is 6.42 Å². The van der Waals surface area contributed by atoms with Crippen molar-refractivity contribution < 1.29 is 23.1 Å². The predicted octanol–water partition coefficient (Wildman–Crippen LogP) is 3.25. The number of hydrogen-bond acceptors (Lipinski definition) is 3. The Morgan fingerprint density at radius 3 is 2.29 bits per heavy atom. The third-order valence-electron chi connectivity index (χ3n) is 4.72. The summed E-state index contributed by atoms with van der Waals surface area (Å²) >= 11 is 0. The highest BCUT2D eigenvalue weighted by atomic mass is 19.3. The van der Waals surface area contributed by atoms with Crippen LogP contribution in [0.5, 0.6) is 5.75 Å². The Morgan fingerprint density at radius 1 is 1.04 bits per heavy atom. The number of nitrogens with one attached hydrogen (secondary N) is 1. The van der Waals surface area contributed by atoms with Gasteiger partial charge in [-0.05, 0) is 42.7 Å². The zero-order chi connectivity index (χ0) is 19.9. The Kier molecular flexibility index (Phi) is 6.57. The van der Waals surface area contributed by atoms with Crippen molar-refractivity contribution in [2.75, 3.05) is 13.1 Å². The van der Waals surface area contributed by atoms with E-state index < -0.39 is 6.61 Å². The molecule has 5 nitrogen and oxygen atoms in total. The number of amides is 2. The zero-order valence-corrected chi connectivity index (χ0v) is 15.3. The Bertz CT molecular complexity index is 789. The van der Waals surface area contributed by atoms with Crippen LogP contribution in [0.25, 0.3) is 0 Å². The van der Waals surface area contributed by atoms with E-state index in [4.69, 9.17) is 0 Å². The van der Waals surface area contributed by atoms with Crippen molar-refractivity contribution in [1.82, 2.24) is 10.2 Å². The molecule has 0 spiro atoms. The molecule has 148 valence electrons. The molecule has 28 heavy (non-hydrogen) atoms. The maximum atomic E-state index is 12.5. The summed E-state index contributed by atoms with van der Waals surface area (Å²) in [6.45, 7) is -1.72. The second kappa shape index (κ2) is 9.30. The molecule has 0 aliphatic carbocycles. The van der Waals surface area contributed by atoms with Gasteiger partial charge in [-0.3, -0.25) is 9.59 Å². The fourth-order valence-electron chi connectivity index (χ4n) is 3.21. The van der Waals surface area contributed by atoms with Crippen molar-refractivity contribution in [1.29, 1.82) is 0 Å². The Hall–Kier alpha value is -2.96. The largest absolute Gasteiger partial charge is 0.435 e. The lowest BCUT2D eigenvalue weighted by atomic mass is 10.0. The SMILES string of the molecule is O=C(NC1CCN(C(=O)Cc2ccc(OC(F)F)cc2)CC1)c1ccccc1. The number of alkyl halides is 2. The molecular formula is C21H22F2N2O3. The van der Waals surface area contributed by atoms with Crippen LogP contribution < -0.4 is 10.1 Å². The van der Waals surface area contributed by atoms with Crippen LogP contribution in [0.3, 0.4) is 0 Å². The van der Waals surface area contributed by atoms with Gasteiger partial charge in [0, 0.05) is 24.7 Å². The van der Waals surface area contributed by atoms with Gasteiger partial charge < -0.3 is 15.0 Å². The van der Waals surface area contributed by atoms with Crippen molar-refractivity contribution in [3.8, 4) is 5.75 Å². The molecule has 1 N–H and O–H groups in total. The summed E-state index contributed by atoms with van der Waals surface area (Å²) in [4.78, 5) is 26.5. The Labute approximate surface area is 162 Å². The molecule has 3 rings (SSSR count). The zero-order valence-electron chi connectivity index (χ0n) is 15.3. The fourth-order valence-corrected chi connectivity index (χ4v) is 3.21. The smallest absolute Gasteiger partial charge is 0.387 e. The van der Waals surface area contributed by atoms with E-state index in [1.165, 1.54) is 12.1 Å². The number of rotatable bonds is 6. The fraction of sp³-hybridized carbons (Fsp3) is 0.333. The average Bonchev–Trinajstić information content (AvgIpc) is 2.70. The van der Waals surface area contributed by atoms with E-state index in [-0.39, 0.29) is 30.0 Å². The van der Waals surface area contributed by atoms with Gasteiger partial charge in [-0.15, -0.1) is 0 Å². The lowest BCUT2D eigenvalue weighted by Crippen LogP contribution is -2.46. The number of ether oxygens (including phenoxy) is 1. The lowest BCUT2D eigenvalue weighted by Gasteiger charge is -2.32. The van der Waals surface area contributed by atoms with Gasteiger partial charge in [0.2, 0.25) is 5.91 Å². The van der Waals surface area contributed by atoms with E-state index in [9.17, 15) is 18.4 Å². The van der Waals surface area contributed by atoms with Gasteiger partial charge in [0.15, 0.2) is 0 Å². The first-order valence-corrected chi connectivity index (χ1v) is 9.18. The van der Waals surface area contributed by atoms with Crippen LogP contribution >= 0.6 is 0 Å². The van der Waals surface area contributed by atoms with E-state index in [0.717, 1.165) is 5.56 Å². The van der Waals surface area contributed by atoms with Crippen LogP contribution in [0, 0.1) is 0 Å². The highest BCUT2D eigenvalue weighted by Crippen LogP contribution is 2.17. The highest BCUT2D eigenvalue weighted by Gasteiger charge is 2.24. The Morgan fingerprint density at radius 2 is 1.68 bits per heavy atom. The Balaban J connectivity index is 1.45. The van der Waals surface area contributed by atoms with Crippen molar-refractivity contribution in [3.63, 3.8) is 0 Å². The van der Waals surface area contributed by atoms with Gasteiger partial charge in [-0.1, -0.05) is 30.3 Å². The standard InChI is InChI=1S/C21H22F2N2O3/c22-21(23)28-18-8-6-15(7-9-18)14-19(26)25-12-10-17(11-13-25)24-20(27)16-4-2-1-3-5-16/h1-9,17,21H,10-14H2,(H,24,27). The first-order chi connectivity index (χ1) is 13.5. The molecule has 1 aliphatic rings. The summed E-state index contributed by atoms with van der Waals surface area (Å²) in [5, 5.41) is 3.01. The summed E-state index contributed by atoms with van der Waals surface area (Å²) in [6, 6.07) is 15.2. The highest BCUT2D eigenvalue weighted by molar-refractivity contribution is 5.94. The lowest BCUT2D eigenvalue weighted by molar-refractivity contribution is -0.131. The van der Waals surface area contributed by atoms with E-state index in [0.29, 0.717) is 31.5 Å². The second-order valence-corrected chi connectivity index (χ2v) is 6.69. The van der Waals surface area contributed by atoms with Gasteiger partial charge >= 0.3 is 6.61 Å². The predicted molar refractivity (Wildman–Crippen MR) is 100 cm³/mol. The summed E-state index contributed by atoms with van der Waals surface area (Å²) in [5.74, 6) is -0.0481. The van der Waals surface area contributed by atoms with Gasteiger partial charge in [-0.2, -0.15) is 8.78 Å². The topological polar surface area (TPSA) is 58.6 Å². The number of piperidine rings is 1. The number of halogens is 2. The first kappa shape index (κ1) is 19.8. The van der Waals surface area contributed by atoms with Crippen LogP contribution in [0.2, 0.25) is 0 Å². The van der Waals surface area contributed by atoms with E-state index in [1.807, 2.05) is 18.2 Å². The van der Waals surface area contributed by atoms with Gasteiger partial charge in [0.25, 0.3) is 5.91 Å². The van der Waals surface area contributed by atoms with E-state index in [2.05, 4.69) is 10.1 Å². The molecule has 2 aromatic rings. The summed E-state index contributed by atoms with van der Waals surface area (Å²) in [6.07, 6.45) is 1.60. The third kappa shape index (κ3) is 5.52. The van der Waals surface area contributed by atoms with Crippen molar-refractivity contribution in [2.24, 2.45) is 0 Å². The van der Waals surface area contributed by atoms with Crippen LogP contribution in [-0.2, 0) is 11.2 Å². The molecule has 0 unspecified atom stereocenters. The van der Waals surface area contributed by atoms with Crippen molar-refractivity contribution in [3.05, 3.63) is 65.7 Å². The molecule has 0 atom stereocenters. The minimum Gasteiger partial charge on any atom is -0.435 e. The molecule has 1 heterocycles. The molecule has 7 heteroatoms. The molecule has 0 radical (unpaired) electrons. The molecule has 0 aromatic heterocycles. The summed E-state index contributed by atoms with van der Waals surface area (Å²) in [7, 11) is 0. The average molecular weight is 388 g/mol. The van der Waals surface area contributed by atoms with Crippen molar-refractivity contribution in [2.45, 2.75) is 31.9 Å². The first-order valence-electron chi connectivity index (χ1n) is 9.18. The van der Waals surface area contributed by atoms with Gasteiger partial charge in [-0.25, -0.2) is 0 Å². The molecular weight excluding hydrogens is 366 g/mol. The van der Waals surface area contributed by atoms with Crippen LogP contribution in [0.4, 0.5) is 8.78 Å². The number of carbonyl (C=O) groups excluding carboxylic acids is 2. The molecule has 1 saturated heterocycles. The normalized spacial score (nSPS) is 14.8. The monoisotopic (exact) mass is 388 g/mol. The molecule has 2 aromatic carbocycles. The number of benzene rings is 2. The number of hydrogen-bond donors (Lipinski definition) is 1. The summed E-state index contributed by atoms with van der Waals surface area (Å²) in [5.41, 5.74) is 1.37. The maximum absolute atomic E-state index is 12.5. The van der Waals surface area contributed by atoms with Crippen LogP contribution in [0.15, 0.2) is 54.6 Å². The molecule has 1 fully saturated rings.